The number of nitrogens with two attached hydrogens (primary N) is 1. The predicted octanol–water partition coefficient (Wildman–Crippen LogP) is -0.0513. The third kappa shape index (κ3) is 3.69. The summed E-state index contributed by atoms with van der Waals surface area (Å²) >= 11 is 0. The number of methoxy groups -OCH3 is 1. The van der Waals surface area contributed by atoms with Crippen LogP contribution in [0, 0.1) is 0 Å². The van der Waals surface area contributed by atoms with Gasteiger partial charge < -0.3 is 20.3 Å². The van der Waals surface area contributed by atoms with Crippen molar-refractivity contribution in [2.45, 2.75) is 12.5 Å². The van der Waals surface area contributed by atoms with E-state index in [1.54, 1.807) is 29.1 Å². The molecule has 0 radical (unpaired) electrons. The first-order valence-electron chi connectivity index (χ1n) is 8.13. The van der Waals surface area contributed by atoms with Gasteiger partial charge in [-0.15, -0.1) is 0 Å². The Kier molecular flexibility index (Phi) is 5.08. The Morgan fingerprint density at radius 1 is 1.12 bits per heavy atom. The number of nitrogens with zero attached hydrogens (tertiary/aromatic N) is 4. The second-order valence-electron chi connectivity index (χ2n) is 5.97. The molecule has 1 fully saturated rings. The van der Waals surface area contributed by atoms with Crippen molar-refractivity contribution in [1.82, 2.24) is 19.8 Å². The molecule has 1 aromatic heterocycles. The van der Waals surface area contributed by atoms with E-state index in [2.05, 4.69) is 9.97 Å². The van der Waals surface area contributed by atoms with E-state index in [-0.39, 0.29) is 17.9 Å². The molecule has 25 heavy (non-hydrogen) atoms. The largest absolute Gasteiger partial charge is 0.402 e. The zero-order chi connectivity index (χ0) is 17.8. The van der Waals surface area contributed by atoms with E-state index in [4.69, 9.17) is 10.5 Å². The standard InChI is InChI=1S/C17H21N5O3/c1-25-15-10-12(18)2-3-13(15)16(23)21-6-8-22(9-7-21)17(24)14-11-19-4-5-20-14/h2-5,11,15H,6-10,18H2,1H3. The molecule has 8 nitrogen and oxygen atoms in total. The molecule has 2 aliphatic rings. The molecule has 3 rings (SSSR count). The van der Waals surface area contributed by atoms with Crippen molar-refractivity contribution in [3.63, 3.8) is 0 Å². The maximum atomic E-state index is 12.8. The number of hydrogen-bond acceptors (Lipinski definition) is 6. The fourth-order valence-electron chi connectivity index (χ4n) is 2.98. The zero-order valence-electron chi connectivity index (χ0n) is 14.1. The van der Waals surface area contributed by atoms with Crippen LogP contribution in [0.15, 0.2) is 42.0 Å². The number of carbonyl (C=O) groups excluding carboxylic acids is 2. The van der Waals surface area contributed by atoms with E-state index in [1.165, 1.54) is 18.6 Å². The molecule has 1 atom stereocenters. The number of allylic oxidation sites excluding steroid dienone is 2. The lowest BCUT2D eigenvalue weighted by Crippen LogP contribution is -2.51. The molecule has 2 amide bonds. The van der Waals surface area contributed by atoms with Crippen LogP contribution < -0.4 is 5.73 Å². The fraction of sp³-hybridized carbons (Fsp3) is 0.412. The SMILES string of the molecule is COC1CC(N)=CC=C1C(=O)N1CCN(C(=O)c2cnccn2)CC1. The lowest BCUT2D eigenvalue weighted by atomic mass is 9.98. The van der Waals surface area contributed by atoms with Crippen molar-refractivity contribution in [3.8, 4) is 0 Å². The molecule has 0 saturated carbocycles. The first-order chi connectivity index (χ1) is 12.1. The van der Waals surface area contributed by atoms with Gasteiger partial charge in [0.15, 0.2) is 0 Å². The summed E-state index contributed by atoms with van der Waals surface area (Å²) in [6.45, 7) is 1.86. The van der Waals surface area contributed by atoms with E-state index in [0.717, 1.165) is 0 Å². The Hall–Kier alpha value is -2.74. The van der Waals surface area contributed by atoms with E-state index < -0.39 is 0 Å². The van der Waals surface area contributed by atoms with Gasteiger partial charge in [0.05, 0.1) is 12.3 Å². The smallest absolute Gasteiger partial charge is 0.274 e. The Bertz CT molecular complexity index is 708. The molecule has 2 heterocycles. The van der Waals surface area contributed by atoms with Gasteiger partial charge in [0, 0.05) is 63.4 Å². The van der Waals surface area contributed by atoms with Crippen LogP contribution in [0.1, 0.15) is 16.9 Å². The van der Waals surface area contributed by atoms with Gasteiger partial charge in [-0.3, -0.25) is 14.6 Å². The van der Waals surface area contributed by atoms with Crippen LogP contribution >= 0.6 is 0 Å². The van der Waals surface area contributed by atoms with Crippen LogP contribution in [0.3, 0.4) is 0 Å². The summed E-state index contributed by atoms with van der Waals surface area (Å²) in [6, 6.07) is 0. The summed E-state index contributed by atoms with van der Waals surface area (Å²) in [7, 11) is 1.57. The van der Waals surface area contributed by atoms with Gasteiger partial charge in [-0.2, -0.15) is 0 Å². The number of aromatic nitrogens is 2. The second-order valence-corrected chi connectivity index (χ2v) is 5.97. The lowest BCUT2D eigenvalue weighted by molar-refractivity contribution is -0.129. The van der Waals surface area contributed by atoms with Crippen LogP contribution in [0.2, 0.25) is 0 Å². The zero-order valence-corrected chi connectivity index (χ0v) is 14.1. The Balaban J connectivity index is 1.62. The van der Waals surface area contributed by atoms with Gasteiger partial charge in [0.2, 0.25) is 0 Å². The molecule has 1 unspecified atom stereocenters. The number of piperazine rings is 1. The minimum atomic E-state index is -0.322. The predicted molar refractivity (Wildman–Crippen MR) is 90.3 cm³/mol. The van der Waals surface area contributed by atoms with Crippen molar-refractivity contribution >= 4 is 11.8 Å². The van der Waals surface area contributed by atoms with Crippen LogP contribution in [0.25, 0.3) is 0 Å². The van der Waals surface area contributed by atoms with Gasteiger partial charge in [-0.1, -0.05) is 0 Å². The molecule has 1 saturated heterocycles. The van der Waals surface area contributed by atoms with Crippen molar-refractivity contribution in [3.05, 3.63) is 47.7 Å². The van der Waals surface area contributed by atoms with E-state index in [0.29, 0.717) is 49.6 Å². The summed E-state index contributed by atoms with van der Waals surface area (Å²) in [4.78, 5) is 36.5. The molecule has 2 N–H and O–H groups in total. The number of ether oxygens (including phenoxy) is 1. The summed E-state index contributed by atoms with van der Waals surface area (Å²) in [5, 5.41) is 0. The van der Waals surface area contributed by atoms with Gasteiger partial charge in [-0.25, -0.2) is 4.98 Å². The number of amides is 2. The first-order valence-corrected chi connectivity index (χ1v) is 8.13. The highest BCUT2D eigenvalue weighted by Gasteiger charge is 2.31. The van der Waals surface area contributed by atoms with Gasteiger partial charge >= 0.3 is 0 Å². The van der Waals surface area contributed by atoms with Crippen LogP contribution in [0.4, 0.5) is 0 Å². The van der Waals surface area contributed by atoms with E-state index in [1.807, 2.05) is 0 Å². The van der Waals surface area contributed by atoms with Crippen LogP contribution in [0.5, 0.6) is 0 Å². The van der Waals surface area contributed by atoms with Crippen molar-refractivity contribution in [2.24, 2.45) is 5.73 Å². The monoisotopic (exact) mass is 343 g/mol. The van der Waals surface area contributed by atoms with Crippen LogP contribution in [-0.4, -0.2) is 71.0 Å². The number of carbonyl (C=O) groups is 2. The van der Waals surface area contributed by atoms with Crippen molar-refractivity contribution in [1.29, 1.82) is 0 Å². The molecular formula is C17H21N5O3. The highest BCUT2D eigenvalue weighted by Crippen LogP contribution is 2.21. The third-order valence-corrected chi connectivity index (χ3v) is 4.41. The third-order valence-electron chi connectivity index (χ3n) is 4.41. The minimum Gasteiger partial charge on any atom is -0.402 e. The summed E-state index contributed by atoms with van der Waals surface area (Å²) in [5.74, 6) is -0.232. The number of hydrogen-bond donors (Lipinski definition) is 1. The van der Waals surface area contributed by atoms with Crippen molar-refractivity contribution < 1.29 is 14.3 Å². The van der Waals surface area contributed by atoms with E-state index >= 15 is 0 Å². The maximum absolute atomic E-state index is 12.8. The topological polar surface area (TPSA) is 102 Å². The number of rotatable bonds is 3. The van der Waals surface area contributed by atoms with Gasteiger partial charge in [-0.05, 0) is 12.2 Å². The molecule has 0 aromatic carbocycles. The first kappa shape index (κ1) is 17.1. The summed E-state index contributed by atoms with van der Waals surface area (Å²) in [6.07, 6.45) is 8.14. The van der Waals surface area contributed by atoms with Gasteiger partial charge in [0.25, 0.3) is 11.8 Å². The normalized spacial score (nSPS) is 20.8. The molecule has 8 heteroatoms. The lowest BCUT2D eigenvalue weighted by Gasteiger charge is -2.36. The molecule has 1 aliphatic heterocycles. The van der Waals surface area contributed by atoms with Gasteiger partial charge in [0.1, 0.15) is 5.69 Å². The highest BCUT2D eigenvalue weighted by atomic mass is 16.5. The molecular weight excluding hydrogens is 322 g/mol. The fourth-order valence-corrected chi connectivity index (χ4v) is 2.98. The van der Waals surface area contributed by atoms with E-state index in [9.17, 15) is 9.59 Å². The summed E-state index contributed by atoms with van der Waals surface area (Å²) < 4.78 is 5.39. The molecule has 0 bridgehead atoms. The molecule has 1 aliphatic carbocycles. The summed E-state index contributed by atoms with van der Waals surface area (Å²) in [5.41, 5.74) is 7.42. The average Bonchev–Trinajstić information content (AvgIpc) is 2.67. The molecule has 1 aromatic rings. The average molecular weight is 343 g/mol. The Labute approximate surface area is 146 Å². The Morgan fingerprint density at radius 2 is 1.80 bits per heavy atom. The maximum Gasteiger partial charge on any atom is 0.274 e. The molecule has 0 spiro atoms. The van der Waals surface area contributed by atoms with Crippen molar-refractivity contribution in [2.75, 3.05) is 33.3 Å². The minimum absolute atomic E-state index is 0.0674. The second kappa shape index (κ2) is 7.43. The Morgan fingerprint density at radius 3 is 2.40 bits per heavy atom. The van der Waals surface area contributed by atoms with Crippen LogP contribution in [-0.2, 0) is 9.53 Å². The molecule has 132 valence electrons. The highest BCUT2D eigenvalue weighted by molar-refractivity contribution is 5.96. The quantitative estimate of drug-likeness (QED) is 0.826.